The summed E-state index contributed by atoms with van der Waals surface area (Å²) in [6, 6.07) is 6.10. The fourth-order valence-electron chi connectivity index (χ4n) is 2.57. The minimum absolute atomic E-state index is 0.167. The van der Waals surface area contributed by atoms with Crippen molar-refractivity contribution in [1.82, 2.24) is 10.2 Å². The van der Waals surface area contributed by atoms with Gasteiger partial charge >= 0.3 is 0 Å². The molecule has 21 heavy (non-hydrogen) atoms. The summed E-state index contributed by atoms with van der Waals surface area (Å²) in [6.07, 6.45) is 1.14. The molecule has 5 heteroatoms. The molecule has 0 aromatic heterocycles. The summed E-state index contributed by atoms with van der Waals surface area (Å²) >= 11 is 0. The molecule has 0 spiro atoms. The second-order valence-electron chi connectivity index (χ2n) is 5.48. The highest BCUT2D eigenvalue weighted by Crippen LogP contribution is 2.24. The lowest BCUT2D eigenvalue weighted by Gasteiger charge is -2.24. The highest BCUT2D eigenvalue weighted by molar-refractivity contribution is 6.03. The molecule has 0 aliphatic carbocycles. The third kappa shape index (κ3) is 3.47. The zero-order valence-electron chi connectivity index (χ0n) is 12.4. The van der Waals surface area contributed by atoms with Gasteiger partial charge in [0.1, 0.15) is 5.82 Å². The van der Waals surface area contributed by atoms with Crippen molar-refractivity contribution in [3.63, 3.8) is 0 Å². The summed E-state index contributed by atoms with van der Waals surface area (Å²) < 4.78 is 14.0. The summed E-state index contributed by atoms with van der Waals surface area (Å²) in [4.78, 5) is 25.2. The van der Waals surface area contributed by atoms with E-state index in [1.54, 1.807) is 25.1 Å². The van der Waals surface area contributed by atoms with Crippen molar-refractivity contribution in [2.24, 2.45) is 5.92 Å². The van der Waals surface area contributed by atoms with Crippen LogP contribution in [0.3, 0.4) is 0 Å². The van der Waals surface area contributed by atoms with Gasteiger partial charge < -0.3 is 5.32 Å². The first-order valence-electron chi connectivity index (χ1n) is 7.36. The van der Waals surface area contributed by atoms with Gasteiger partial charge in [-0.05, 0) is 19.0 Å². The standard InChI is InChI=1S/C16H21FN2O2/c1-3-8-18-14(12-6-4-5-7-13(12)17)10-19-15(20)9-11(2)16(19)21/h4-7,11,14,18H,3,8-10H2,1-2H3. The highest BCUT2D eigenvalue weighted by atomic mass is 19.1. The lowest BCUT2D eigenvalue weighted by molar-refractivity contribution is -0.139. The first kappa shape index (κ1) is 15.6. The van der Waals surface area contributed by atoms with Crippen molar-refractivity contribution < 1.29 is 14.0 Å². The maximum absolute atomic E-state index is 14.0. The highest BCUT2D eigenvalue weighted by Gasteiger charge is 2.37. The normalized spacial score (nSPS) is 20.1. The Balaban J connectivity index is 2.19. The van der Waals surface area contributed by atoms with Crippen molar-refractivity contribution in [3.8, 4) is 0 Å². The van der Waals surface area contributed by atoms with Crippen LogP contribution in [0.25, 0.3) is 0 Å². The van der Waals surface area contributed by atoms with E-state index in [9.17, 15) is 14.0 Å². The molecule has 114 valence electrons. The monoisotopic (exact) mass is 292 g/mol. The molecule has 0 saturated carbocycles. The van der Waals surface area contributed by atoms with Crippen LogP contribution in [-0.4, -0.2) is 29.8 Å². The van der Waals surface area contributed by atoms with Gasteiger partial charge in [-0.2, -0.15) is 0 Å². The molecule has 2 unspecified atom stereocenters. The average molecular weight is 292 g/mol. The number of amides is 2. The molecule has 1 heterocycles. The molecule has 1 aromatic carbocycles. The number of carbonyl (C=O) groups excluding carboxylic acids is 2. The largest absolute Gasteiger partial charge is 0.308 e. The molecule has 1 aromatic rings. The number of likely N-dealkylation sites (tertiary alicyclic amines) is 1. The molecule has 1 aliphatic rings. The summed E-state index contributed by atoms with van der Waals surface area (Å²) in [5.41, 5.74) is 0.492. The Labute approximate surface area is 124 Å². The van der Waals surface area contributed by atoms with Gasteiger partial charge in [-0.1, -0.05) is 32.0 Å². The molecule has 0 radical (unpaired) electrons. The molecule has 1 aliphatic heterocycles. The molecule has 2 rings (SSSR count). The predicted octanol–water partition coefficient (Wildman–Crippen LogP) is 2.26. The minimum atomic E-state index is -0.371. The molecule has 2 atom stereocenters. The van der Waals surface area contributed by atoms with Gasteiger partial charge in [0.05, 0.1) is 6.04 Å². The molecule has 1 N–H and O–H groups in total. The van der Waals surface area contributed by atoms with E-state index in [1.807, 2.05) is 6.92 Å². The Kier molecular flexibility index (Phi) is 5.07. The van der Waals surface area contributed by atoms with Gasteiger partial charge in [0, 0.05) is 24.4 Å². The number of halogens is 1. The molecule has 1 fully saturated rings. The zero-order valence-corrected chi connectivity index (χ0v) is 12.4. The average Bonchev–Trinajstić information content (AvgIpc) is 2.70. The number of rotatable bonds is 6. The number of nitrogens with one attached hydrogen (secondary N) is 1. The minimum Gasteiger partial charge on any atom is -0.308 e. The van der Waals surface area contributed by atoms with E-state index < -0.39 is 0 Å². The van der Waals surface area contributed by atoms with Gasteiger partial charge in [-0.15, -0.1) is 0 Å². The number of imide groups is 1. The maximum atomic E-state index is 14.0. The number of hydrogen-bond donors (Lipinski definition) is 1. The Morgan fingerprint density at radius 3 is 2.67 bits per heavy atom. The number of benzene rings is 1. The van der Waals surface area contributed by atoms with Gasteiger partial charge in [0.2, 0.25) is 11.8 Å². The zero-order chi connectivity index (χ0) is 15.4. The van der Waals surface area contributed by atoms with Crippen LogP contribution in [0.2, 0.25) is 0 Å². The third-order valence-electron chi connectivity index (χ3n) is 3.76. The molecule has 0 bridgehead atoms. The van der Waals surface area contributed by atoms with Crippen molar-refractivity contribution in [2.45, 2.75) is 32.7 Å². The smallest absolute Gasteiger partial charge is 0.232 e. The fourth-order valence-corrected chi connectivity index (χ4v) is 2.57. The van der Waals surface area contributed by atoms with E-state index >= 15 is 0 Å². The van der Waals surface area contributed by atoms with E-state index in [1.165, 1.54) is 11.0 Å². The lowest BCUT2D eigenvalue weighted by Crippen LogP contribution is -2.39. The van der Waals surface area contributed by atoms with Gasteiger partial charge in [-0.3, -0.25) is 14.5 Å². The van der Waals surface area contributed by atoms with E-state index in [0.717, 1.165) is 6.42 Å². The first-order valence-corrected chi connectivity index (χ1v) is 7.36. The number of carbonyl (C=O) groups is 2. The summed E-state index contributed by atoms with van der Waals surface area (Å²) in [5.74, 6) is -0.935. The topological polar surface area (TPSA) is 49.4 Å². The molecule has 1 saturated heterocycles. The fraction of sp³-hybridized carbons (Fsp3) is 0.500. The Morgan fingerprint density at radius 2 is 2.10 bits per heavy atom. The van der Waals surface area contributed by atoms with Crippen LogP contribution < -0.4 is 5.32 Å². The lowest BCUT2D eigenvalue weighted by atomic mass is 10.1. The van der Waals surface area contributed by atoms with Gasteiger partial charge in [-0.25, -0.2) is 4.39 Å². The quantitative estimate of drug-likeness (QED) is 0.818. The molecular weight excluding hydrogens is 271 g/mol. The van der Waals surface area contributed by atoms with Crippen molar-refractivity contribution in [3.05, 3.63) is 35.6 Å². The van der Waals surface area contributed by atoms with Crippen LogP contribution in [0, 0.1) is 11.7 Å². The predicted molar refractivity (Wildman–Crippen MR) is 77.9 cm³/mol. The van der Waals surface area contributed by atoms with Crippen LogP contribution >= 0.6 is 0 Å². The van der Waals surface area contributed by atoms with Crippen molar-refractivity contribution >= 4 is 11.8 Å². The Hall–Kier alpha value is -1.75. The maximum Gasteiger partial charge on any atom is 0.232 e. The first-order chi connectivity index (χ1) is 10.0. The van der Waals surface area contributed by atoms with Crippen LogP contribution in [0.15, 0.2) is 24.3 Å². The molecule has 4 nitrogen and oxygen atoms in total. The van der Waals surface area contributed by atoms with Gasteiger partial charge in [0.15, 0.2) is 0 Å². The van der Waals surface area contributed by atoms with Crippen LogP contribution in [0.5, 0.6) is 0 Å². The second kappa shape index (κ2) is 6.80. The van der Waals surface area contributed by atoms with Crippen LogP contribution in [-0.2, 0) is 9.59 Å². The summed E-state index contributed by atoms with van der Waals surface area (Å²) in [5, 5.41) is 3.22. The van der Waals surface area contributed by atoms with Crippen LogP contribution in [0.1, 0.15) is 38.3 Å². The summed E-state index contributed by atoms with van der Waals surface area (Å²) in [6.45, 7) is 4.64. The van der Waals surface area contributed by atoms with E-state index in [0.29, 0.717) is 12.1 Å². The van der Waals surface area contributed by atoms with E-state index in [-0.39, 0.29) is 42.6 Å². The Bertz CT molecular complexity index is 533. The number of hydrogen-bond acceptors (Lipinski definition) is 3. The summed E-state index contributed by atoms with van der Waals surface area (Å²) in [7, 11) is 0. The molecule has 2 amide bonds. The van der Waals surface area contributed by atoms with Crippen molar-refractivity contribution in [2.75, 3.05) is 13.1 Å². The SMILES string of the molecule is CCCNC(CN1C(=O)CC(C)C1=O)c1ccccc1F. The third-order valence-corrected chi connectivity index (χ3v) is 3.76. The Morgan fingerprint density at radius 1 is 1.38 bits per heavy atom. The van der Waals surface area contributed by atoms with E-state index in [4.69, 9.17) is 0 Å². The van der Waals surface area contributed by atoms with E-state index in [2.05, 4.69) is 5.32 Å². The molecular formula is C16H21FN2O2. The van der Waals surface area contributed by atoms with Crippen molar-refractivity contribution in [1.29, 1.82) is 0 Å². The second-order valence-corrected chi connectivity index (χ2v) is 5.48. The van der Waals surface area contributed by atoms with Crippen LogP contribution in [0.4, 0.5) is 4.39 Å². The van der Waals surface area contributed by atoms with Gasteiger partial charge in [0.25, 0.3) is 0 Å². The number of nitrogens with zero attached hydrogens (tertiary/aromatic N) is 1.